The third-order valence-corrected chi connectivity index (χ3v) is 4.18. The highest BCUT2D eigenvalue weighted by atomic mass is 32.2. The SMILES string of the molecule is N/C(=N/O)c1nc(N2CCS(=O)CC2)ccc1[N+](=O)[O-]. The first-order chi connectivity index (χ1) is 9.52. The molecule has 0 aromatic carbocycles. The summed E-state index contributed by atoms with van der Waals surface area (Å²) in [7, 11) is -0.828. The van der Waals surface area contributed by atoms with Gasteiger partial charge in [0.05, 0.1) is 4.92 Å². The van der Waals surface area contributed by atoms with Crippen molar-refractivity contribution in [2.24, 2.45) is 10.9 Å². The monoisotopic (exact) mass is 299 g/mol. The van der Waals surface area contributed by atoms with E-state index in [1.54, 1.807) is 0 Å². The van der Waals surface area contributed by atoms with Crippen molar-refractivity contribution in [3.63, 3.8) is 0 Å². The largest absolute Gasteiger partial charge is 0.409 e. The van der Waals surface area contributed by atoms with E-state index in [-0.39, 0.29) is 11.4 Å². The van der Waals surface area contributed by atoms with Crippen LogP contribution in [-0.4, -0.2) is 49.8 Å². The number of nitrogens with two attached hydrogens (primary N) is 1. The fourth-order valence-electron chi connectivity index (χ4n) is 1.87. The zero-order valence-corrected chi connectivity index (χ0v) is 11.2. The second kappa shape index (κ2) is 5.82. The summed E-state index contributed by atoms with van der Waals surface area (Å²) >= 11 is 0. The molecule has 10 heteroatoms. The maximum atomic E-state index is 11.3. The van der Waals surface area contributed by atoms with Gasteiger partial charge in [0.25, 0.3) is 5.69 Å². The Morgan fingerprint density at radius 2 is 2.15 bits per heavy atom. The summed E-state index contributed by atoms with van der Waals surface area (Å²) in [6.07, 6.45) is 0. The average Bonchev–Trinajstić information content (AvgIpc) is 2.46. The lowest BCUT2D eigenvalue weighted by molar-refractivity contribution is -0.385. The minimum Gasteiger partial charge on any atom is -0.409 e. The van der Waals surface area contributed by atoms with Crippen molar-refractivity contribution in [3.8, 4) is 0 Å². The Kier molecular flexibility index (Phi) is 4.13. The molecule has 0 saturated carbocycles. The van der Waals surface area contributed by atoms with Crippen molar-refractivity contribution in [1.82, 2.24) is 4.98 Å². The van der Waals surface area contributed by atoms with Crippen molar-refractivity contribution in [1.29, 1.82) is 0 Å². The highest BCUT2D eigenvalue weighted by Crippen LogP contribution is 2.22. The van der Waals surface area contributed by atoms with Gasteiger partial charge in [0.1, 0.15) is 5.82 Å². The van der Waals surface area contributed by atoms with Crippen molar-refractivity contribution in [2.75, 3.05) is 29.5 Å². The van der Waals surface area contributed by atoms with E-state index in [0.717, 1.165) is 0 Å². The quantitative estimate of drug-likeness (QED) is 0.256. The van der Waals surface area contributed by atoms with Gasteiger partial charge in [-0.05, 0) is 6.07 Å². The Labute approximate surface area is 116 Å². The van der Waals surface area contributed by atoms with Crippen LogP contribution >= 0.6 is 0 Å². The molecular formula is C10H13N5O4S. The van der Waals surface area contributed by atoms with Gasteiger partial charge in [-0.2, -0.15) is 0 Å². The van der Waals surface area contributed by atoms with Gasteiger partial charge in [-0.3, -0.25) is 14.3 Å². The van der Waals surface area contributed by atoms with Crippen LogP contribution in [0.4, 0.5) is 11.5 Å². The number of amidine groups is 1. The molecular weight excluding hydrogens is 286 g/mol. The molecule has 0 atom stereocenters. The Morgan fingerprint density at radius 3 is 2.70 bits per heavy atom. The molecule has 108 valence electrons. The molecule has 1 aromatic rings. The Hall–Kier alpha value is -2.23. The van der Waals surface area contributed by atoms with E-state index in [0.29, 0.717) is 30.4 Å². The number of nitrogens with zero attached hydrogens (tertiary/aromatic N) is 4. The molecule has 1 fully saturated rings. The van der Waals surface area contributed by atoms with Gasteiger partial charge in [0.15, 0.2) is 11.5 Å². The molecule has 9 nitrogen and oxygen atoms in total. The van der Waals surface area contributed by atoms with Gasteiger partial charge in [-0.1, -0.05) is 5.16 Å². The maximum absolute atomic E-state index is 11.3. The van der Waals surface area contributed by atoms with Crippen molar-refractivity contribution < 1.29 is 14.3 Å². The molecule has 0 aliphatic carbocycles. The minimum atomic E-state index is -0.828. The van der Waals surface area contributed by atoms with Crippen molar-refractivity contribution in [3.05, 3.63) is 27.9 Å². The van der Waals surface area contributed by atoms with Crippen LogP contribution < -0.4 is 10.6 Å². The van der Waals surface area contributed by atoms with Gasteiger partial charge in [-0.25, -0.2) is 4.98 Å². The number of hydrogen-bond acceptors (Lipinski definition) is 7. The van der Waals surface area contributed by atoms with E-state index in [1.165, 1.54) is 12.1 Å². The lowest BCUT2D eigenvalue weighted by Crippen LogP contribution is -2.38. The summed E-state index contributed by atoms with van der Waals surface area (Å²) in [5.74, 6) is 1.11. The van der Waals surface area contributed by atoms with Crippen LogP contribution in [0.1, 0.15) is 5.69 Å². The van der Waals surface area contributed by atoms with Crippen LogP contribution in [0.3, 0.4) is 0 Å². The number of pyridine rings is 1. The number of rotatable bonds is 3. The number of aromatic nitrogens is 1. The predicted octanol–water partition coefficient (Wildman–Crippen LogP) is -0.347. The molecule has 1 saturated heterocycles. The Bertz CT molecular complexity index is 581. The maximum Gasteiger partial charge on any atom is 0.298 e. The van der Waals surface area contributed by atoms with Crippen LogP contribution in [0.2, 0.25) is 0 Å². The van der Waals surface area contributed by atoms with Crippen molar-refractivity contribution >= 4 is 28.1 Å². The van der Waals surface area contributed by atoms with Crippen molar-refractivity contribution in [2.45, 2.75) is 0 Å². The summed E-state index contributed by atoms with van der Waals surface area (Å²) in [6, 6.07) is 2.77. The smallest absolute Gasteiger partial charge is 0.298 e. The average molecular weight is 299 g/mol. The van der Waals surface area contributed by atoms with Crippen LogP contribution in [0, 0.1) is 10.1 Å². The van der Waals surface area contributed by atoms with Crippen LogP contribution in [-0.2, 0) is 10.8 Å². The van der Waals surface area contributed by atoms with Crippen LogP contribution in [0.15, 0.2) is 17.3 Å². The predicted molar refractivity (Wildman–Crippen MR) is 73.5 cm³/mol. The first-order valence-electron chi connectivity index (χ1n) is 5.76. The molecule has 2 heterocycles. The minimum absolute atomic E-state index is 0.179. The Balaban J connectivity index is 2.37. The van der Waals surface area contributed by atoms with Gasteiger partial charge in [0.2, 0.25) is 0 Å². The zero-order chi connectivity index (χ0) is 14.7. The highest BCUT2D eigenvalue weighted by molar-refractivity contribution is 7.85. The van der Waals surface area contributed by atoms with E-state index in [2.05, 4.69) is 10.1 Å². The second-order valence-corrected chi connectivity index (χ2v) is 5.81. The summed E-state index contributed by atoms with van der Waals surface area (Å²) in [6.45, 7) is 1.10. The Morgan fingerprint density at radius 1 is 1.50 bits per heavy atom. The van der Waals surface area contributed by atoms with E-state index in [9.17, 15) is 14.3 Å². The van der Waals surface area contributed by atoms with E-state index in [4.69, 9.17) is 10.9 Å². The topological polar surface area (TPSA) is 135 Å². The van der Waals surface area contributed by atoms with Gasteiger partial charge >= 0.3 is 0 Å². The van der Waals surface area contributed by atoms with Gasteiger partial charge in [0, 0.05) is 41.5 Å². The molecule has 0 unspecified atom stereocenters. The summed E-state index contributed by atoms with van der Waals surface area (Å²) < 4.78 is 11.3. The van der Waals surface area contributed by atoms with Crippen LogP contribution in [0.25, 0.3) is 0 Å². The molecule has 2 rings (SSSR count). The third kappa shape index (κ3) is 2.85. The molecule has 1 aliphatic rings. The summed E-state index contributed by atoms with van der Waals surface area (Å²) in [5.41, 5.74) is 4.91. The van der Waals surface area contributed by atoms with Gasteiger partial charge in [-0.15, -0.1) is 0 Å². The lowest BCUT2D eigenvalue weighted by atomic mass is 10.2. The molecule has 0 bridgehead atoms. The number of hydrogen-bond donors (Lipinski definition) is 2. The van der Waals surface area contributed by atoms with E-state index in [1.807, 2.05) is 4.90 Å². The first-order valence-corrected chi connectivity index (χ1v) is 7.25. The molecule has 1 aromatic heterocycles. The van der Waals surface area contributed by atoms with Gasteiger partial charge < -0.3 is 15.8 Å². The molecule has 0 radical (unpaired) electrons. The number of oxime groups is 1. The third-order valence-electron chi connectivity index (χ3n) is 2.91. The fraction of sp³-hybridized carbons (Fsp3) is 0.400. The highest BCUT2D eigenvalue weighted by Gasteiger charge is 2.23. The fourth-order valence-corrected chi connectivity index (χ4v) is 2.92. The molecule has 3 N–H and O–H groups in total. The first kappa shape index (κ1) is 14.2. The number of nitro groups is 1. The summed E-state index contributed by atoms with van der Waals surface area (Å²) in [4.78, 5) is 16.2. The zero-order valence-electron chi connectivity index (χ0n) is 10.4. The molecule has 0 spiro atoms. The van der Waals surface area contributed by atoms with Crippen LogP contribution in [0.5, 0.6) is 0 Å². The molecule has 1 aliphatic heterocycles. The standard InChI is InChI=1S/C10H13N5O4S/c11-10(13-16)9-7(15(17)18)1-2-8(12-9)14-3-5-20(19)6-4-14/h1-2,16H,3-6H2,(H2,11,13). The molecule has 20 heavy (non-hydrogen) atoms. The molecule has 0 amide bonds. The lowest BCUT2D eigenvalue weighted by Gasteiger charge is -2.27. The number of anilines is 1. The van der Waals surface area contributed by atoms with E-state index >= 15 is 0 Å². The summed E-state index contributed by atoms with van der Waals surface area (Å²) in [5, 5.41) is 22.3. The van der Waals surface area contributed by atoms with E-state index < -0.39 is 21.6 Å². The second-order valence-electron chi connectivity index (χ2n) is 4.11. The normalized spacial score (nSPS) is 17.2.